The number of allylic oxidation sites excluding steroid dienone is 9. The first-order valence-electron chi connectivity index (χ1n) is 17.9. The van der Waals surface area contributed by atoms with E-state index in [4.69, 9.17) is 0 Å². The summed E-state index contributed by atoms with van der Waals surface area (Å²) in [6, 6.07) is 46.6. The lowest BCUT2D eigenvalue weighted by atomic mass is 9.86. The molecule has 0 spiro atoms. The Bertz CT molecular complexity index is 2400. The van der Waals surface area contributed by atoms with Crippen molar-refractivity contribution < 1.29 is 9.90 Å². The van der Waals surface area contributed by atoms with Crippen LogP contribution in [-0.2, 0) is 0 Å². The van der Waals surface area contributed by atoms with Gasteiger partial charge in [0.25, 0.3) is 0 Å². The van der Waals surface area contributed by atoms with E-state index in [-0.39, 0.29) is 0 Å². The molecule has 0 amide bonds. The molecule has 0 unspecified atom stereocenters. The van der Waals surface area contributed by atoms with Crippen LogP contribution in [0.3, 0.4) is 0 Å². The van der Waals surface area contributed by atoms with Crippen LogP contribution in [0, 0.1) is 0 Å². The number of hydrogen-bond acceptors (Lipinski definition) is 6. The molecular weight excluding hydrogens is 753 g/mol. The highest BCUT2D eigenvalue weighted by atomic mass is 32.2. The van der Waals surface area contributed by atoms with Gasteiger partial charge in [0.05, 0.1) is 0 Å². The molecule has 2 aromatic heterocycles. The zero-order valence-electron chi connectivity index (χ0n) is 29.7. The van der Waals surface area contributed by atoms with Gasteiger partial charge >= 0.3 is 5.30 Å². The Hall–Kier alpha value is -5.38. The molecule has 0 saturated carbocycles. The van der Waals surface area contributed by atoms with Gasteiger partial charge in [0.2, 0.25) is 21.1 Å². The van der Waals surface area contributed by atoms with Crippen LogP contribution in [0.15, 0.2) is 185 Å². The number of thioether (sulfide) groups is 2. The fourth-order valence-corrected chi connectivity index (χ4v) is 10.4. The summed E-state index contributed by atoms with van der Waals surface area (Å²) in [5.74, 6) is 0. The molecule has 2 aliphatic rings. The molecule has 3 heterocycles. The Morgan fingerprint density at radius 2 is 1.22 bits per heavy atom. The number of carbonyl (C=O) groups is 1. The summed E-state index contributed by atoms with van der Waals surface area (Å²) in [5, 5.41) is 18.1. The normalized spacial score (nSPS) is 15.3. The summed E-state index contributed by atoms with van der Waals surface area (Å²) in [6.07, 6.45) is 16.1. The van der Waals surface area contributed by atoms with Crippen molar-refractivity contribution in [2.75, 3.05) is 0 Å². The summed E-state index contributed by atoms with van der Waals surface area (Å²) in [6.45, 7) is 0. The second-order valence-electron chi connectivity index (χ2n) is 12.9. The van der Waals surface area contributed by atoms with E-state index < -0.39 is 5.30 Å². The maximum atomic E-state index is 11.6. The van der Waals surface area contributed by atoms with Gasteiger partial charge in [-0.2, -0.15) is 0 Å². The Morgan fingerprint density at radius 3 is 1.76 bits per heavy atom. The first-order valence-corrected chi connectivity index (χ1v) is 21.2. The second-order valence-corrected chi connectivity index (χ2v) is 17.2. The minimum Gasteiger partial charge on any atom is -0.473 e. The number of nitrogens with zero attached hydrogens (tertiary/aromatic N) is 2. The molecule has 0 atom stereocenters. The van der Waals surface area contributed by atoms with Crippen molar-refractivity contribution >= 4 is 73.0 Å². The molecule has 4 aromatic carbocycles. The topological polar surface area (TPSA) is 63.1 Å². The van der Waals surface area contributed by atoms with Crippen molar-refractivity contribution in [3.8, 4) is 20.9 Å². The van der Waals surface area contributed by atoms with Crippen LogP contribution >= 0.6 is 46.2 Å². The molecule has 1 aliphatic heterocycles. The minimum absolute atomic E-state index is 0.418. The molecule has 4 nitrogen and oxygen atoms in total. The van der Waals surface area contributed by atoms with Crippen LogP contribution in [0.4, 0.5) is 4.79 Å². The molecular formula is C47H35N2O2S4+. The van der Waals surface area contributed by atoms with E-state index in [9.17, 15) is 9.90 Å². The molecule has 0 radical (unpaired) electrons. The molecule has 0 saturated heterocycles. The summed E-state index contributed by atoms with van der Waals surface area (Å²) < 4.78 is 0.418. The van der Waals surface area contributed by atoms with Gasteiger partial charge in [-0.3, -0.25) is 0 Å². The van der Waals surface area contributed by atoms with Crippen LogP contribution in [0.2, 0.25) is 0 Å². The van der Waals surface area contributed by atoms with Crippen molar-refractivity contribution in [3.05, 3.63) is 202 Å². The lowest BCUT2D eigenvalue weighted by Gasteiger charge is -2.20. The van der Waals surface area contributed by atoms with E-state index in [2.05, 4.69) is 156 Å². The van der Waals surface area contributed by atoms with Crippen molar-refractivity contribution in [1.82, 2.24) is 10.2 Å². The Kier molecular flexibility index (Phi) is 11.6. The smallest absolute Gasteiger partial charge is 0.372 e. The van der Waals surface area contributed by atoms with Crippen molar-refractivity contribution in [2.24, 2.45) is 0 Å². The number of hydrogen-bond donors (Lipinski definition) is 1. The van der Waals surface area contributed by atoms with Crippen LogP contribution in [-0.4, -0.2) is 20.6 Å². The van der Waals surface area contributed by atoms with Gasteiger partial charge < -0.3 is 5.11 Å². The third kappa shape index (κ3) is 9.12. The summed E-state index contributed by atoms with van der Waals surface area (Å²) in [4.78, 5) is 16.4. The average molecular weight is 788 g/mol. The number of benzene rings is 4. The van der Waals surface area contributed by atoms with Gasteiger partial charge in [0.15, 0.2) is 4.34 Å². The molecule has 268 valence electrons. The highest BCUT2D eigenvalue weighted by molar-refractivity contribution is 8.16. The van der Waals surface area contributed by atoms with Crippen LogP contribution < -0.4 is 0 Å². The lowest BCUT2D eigenvalue weighted by molar-refractivity contribution is 0.222. The predicted octanol–water partition coefficient (Wildman–Crippen LogP) is 14.3. The van der Waals surface area contributed by atoms with Crippen LogP contribution in [0.5, 0.6) is 0 Å². The zero-order valence-corrected chi connectivity index (χ0v) is 32.9. The van der Waals surface area contributed by atoms with Gasteiger partial charge in [-0.1, -0.05) is 144 Å². The third-order valence-electron chi connectivity index (χ3n) is 9.15. The zero-order chi connectivity index (χ0) is 37.4. The quantitative estimate of drug-likeness (QED) is 0.116. The van der Waals surface area contributed by atoms with E-state index in [1.54, 1.807) is 23.1 Å². The van der Waals surface area contributed by atoms with Crippen LogP contribution in [0.1, 0.15) is 41.0 Å². The maximum Gasteiger partial charge on any atom is 0.372 e. The molecule has 1 N–H and O–H groups in total. The largest absolute Gasteiger partial charge is 0.473 e. The molecule has 1 aliphatic carbocycles. The van der Waals surface area contributed by atoms with E-state index in [0.29, 0.717) is 16.1 Å². The van der Waals surface area contributed by atoms with Gasteiger partial charge in [-0.05, 0) is 89.1 Å². The minimum atomic E-state index is -0.994. The maximum absolute atomic E-state index is 11.6. The highest BCUT2D eigenvalue weighted by Crippen LogP contribution is 2.45. The first kappa shape index (κ1) is 36.6. The SMILES string of the molecule is O=C(O)Sc1nnc(C2=C(C=Cc3cc(-c4ccccc4)[s+]c(-c4ccccc4)c3)CCCC2=CC=C2C=C(c3ccccc3)SC(c3ccccc3)=C2)s1. The number of rotatable bonds is 9. The van der Waals surface area contributed by atoms with E-state index >= 15 is 0 Å². The molecule has 0 fully saturated rings. The number of aromatic nitrogens is 2. The van der Waals surface area contributed by atoms with Gasteiger partial charge in [0.1, 0.15) is 5.01 Å². The third-order valence-corrected chi connectivity index (χ3v) is 13.1. The highest BCUT2D eigenvalue weighted by Gasteiger charge is 2.23. The number of carboxylic acid groups (broad SMARTS) is 1. The van der Waals surface area contributed by atoms with Crippen molar-refractivity contribution in [2.45, 2.75) is 23.6 Å². The first-order chi connectivity index (χ1) is 27.1. The fraction of sp³-hybridized carbons (Fsp3) is 0.0638. The summed E-state index contributed by atoms with van der Waals surface area (Å²) >= 11 is 5.61. The lowest BCUT2D eigenvalue weighted by Crippen LogP contribution is -2.02. The molecule has 55 heavy (non-hydrogen) atoms. The standard InChI is InChI=1S/C47H34N2O2S4/c50-47(51)55-46-49-48-45(54-46)44-38(26-24-32-28-40(34-14-5-1-6-15-34)52-41(29-32)35-16-7-2-8-17-35)22-13-23-39(44)27-25-33-30-42(36-18-9-3-10-19-36)53-43(31-33)37-20-11-4-12-21-37/h1-12,14-21,24-31H,13,22-23H2/p+1. The van der Waals surface area contributed by atoms with Crippen molar-refractivity contribution in [1.29, 1.82) is 0 Å². The van der Waals surface area contributed by atoms with Gasteiger partial charge in [0, 0.05) is 50.4 Å². The molecule has 6 aromatic rings. The van der Waals surface area contributed by atoms with E-state index in [1.165, 1.54) is 53.2 Å². The average Bonchev–Trinajstić information content (AvgIpc) is 3.70. The van der Waals surface area contributed by atoms with Crippen LogP contribution in [0.25, 0.3) is 42.3 Å². The van der Waals surface area contributed by atoms with Gasteiger partial charge in [-0.15, -0.1) is 10.2 Å². The molecule has 8 heteroatoms. The van der Waals surface area contributed by atoms with Crippen molar-refractivity contribution in [3.63, 3.8) is 0 Å². The van der Waals surface area contributed by atoms with E-state index in [1.807, 2.05) is 24.3 Å². The Morgan fingerprint density at radius 1 is 0.673 bits per heavy atom. The summed E-state index contributed by atoms with van der Waals surface area (Å²) in [5.41, 5.74) is 10.3. The molecule has 0 bridgehead atoms. The fourth-order valence-electron chi connectivity index (χ4n) is 6.57. The van der Waals surface area contributed by atoms with Gasteiger partial charge in [-0.25, -0.2) is 4.79 Å². The second kappa shape index (κ2) is 17.4. The van der Waals surface area contributed by atoms with E-state index in [0.717, 1.165) is 52.1 Å². The molecule has 8 rings (SSSR count). The predicted molar refractivity (Wildman–Crippen MR) is 236 cm³/mol. The summed E-state index contributed by atoms with van der Waals surface area (Å²) in [7, 11) is 0. The Balaban J connectivity index is 1.22. The Labute approximate surface area is 337 Å². The monoisotopic (exact) mass is 787 g/mol.